The van der Waals surface area contributed by atoms with E-state index in [0.29, 0.717) is 0 Å². The van der Waals surface area contributed by atoms with Crippen LogP contribution >= 0.6 is 0 Å². The lowest BCUT2D eigenvalue weighted by Gasteiger charge is -2.35. The average Bonchev–Trinajstić information content (AvgIpc) is 3.76. The van der Waals surface area contributed by atoms with Gasteiger partial charge < -0.3 is 9.32 Å². The highest BCUT2D eigenvalue weighted by Crippen LogP contribution is 2.62. The first-order chi connectivity index (χ1) is 27.5. The van der Waals surface area contributed by atoms with E-state index in [2.05, 4.69) is 203 Å². The standard InChI is InChI=1S/C53H46N2OSi/c1-52(2,3)36-24-26-39(27-25-36)55(40-28-30-41(31-29-40)57(4,5)6)45-34-44-49(51-47(45)42-21-13-14-22-46(42)56-51)48-43(32-23-35-16-15-33-54-50(35)48)53(44,37-17-9-7-10-18-37)38-19-11-8-12-20-38/h7-34H,1-6H3. The van der Waals surface area contributed by atoms with E-state index in [0.717, 1.165) is 61.0 Å². The van der Waals surface area contributed by atoms with E-state index in [-0.39, 0.29) is 5.41 Å². The average molecular weight is 755 g/mol. The topological polar surface area (TPSA) is 29.3 Å². The number of aromatic nitrogens is 1. The minimum absolute atomic E-state index is 0.0253. The van der Waals surface area contributed by atoms with Gasteiger partial charge in [0, 0.05) is 39.5 Å². The van der Waals surface area contributed by atoms with Crippen LogP contribution in [0.4, 0.5) is 17.1 Å². The van der Waals surface area contributed by atoms with Crippen LogP contribution in [0.15, 0.2) is 174 Å². The summed E-state index contributed by atoms with van der Waals surface area (Å²) in [4.78, 5) is 7.59. The van der Waals surface area contributed by atoms with Crippen LogP contribution in [0.2, 0.25) is 19.6 Å². The van der Waals surface area contributed by atoms with Crippen LogP contribution in [-0.2, 0) is 10.8 Å². The van der Waals surface area contributed by atoms with Crippen molar-refractivity contribution in [3.63, 3.8) is 0 Å². The first kappa shape index (κ1) is 35.2. The molecule has 278 valence electrons. The Morgan fingerprint density at radius 2 is 1.21 bits per heavy atom. The van der Waals surface area contributed by atoms with Gasteiger partial charge in [0.15, 0.2) is 0 Å². The minimum Gasteiger partial charge on any atom is -0.455 e. The molecule has 57 heavy (non-hydrogen) atoms. The highest BCUT2D eigenvalue weighted by atomic mass is 28.3. The van der Waals surface area contributed by atoms with Crippen molar-refractivity contribution in [3.8, 4) is 11.1 Å². The summed E-state index contributed by atoms with van der Waals surface area (Å²) in [5.41, 5.74) is 13.7. The molecule has 1 aliphatic carbocycles. The van der Waals surface area contributed by atoms with Gasteiger partial charge in [-0.1, -0.05) is 167 Å². The number of furan rings is 1. The van der Waals surface area contributed by atoms with Gasteiger partial charge in [-0.25, -0.2) is 0 Å². The summed E-state index contributed by atoms with van der Waals surface area (Å²) in [6.07, 6.45) is 1.92. The molecule has 0 aliphatic heterocycles. The van der Waals surface area contributed by atoms with Crippen molar-refractivity contribution in [2.45, 2.75) is 51.2 Å². The smallest absolute Gasteiger partial charge is 0.145 e. The summed E-state index contributed by atoms with van der Waals surface area (Å²) in [5.74, 6) is 0. The molecule has 4 heteroatoms. The maximum absolute atomic E-state index is 7.21. The van der Waals surface area contributed by atoms with Crippen molar-refractivity contribution < 1.29 is 4.42 Å². The molecule has 0 atom stereocenters. The van der Waals surface area contributed by atoms with Crippen LogP contribution in [0.25, 0.3) is 44.0 Å². The number of benzene rings is 7. The number of para-hydroxylation sites is 1. The van der Waals surface area contributed by atoms with Crippen molar-refractivity contribution in [3.05, 3.63) is 198 Å². The third kappa shape index (κ3) is 5.42. The zero-order valence-electron chi connectivity index (χ0n) is 33.5. The summed E-state index contributed by atoms with van der Waals surface area (Å²) < 4.78 is 7.21. The zero-order valence-corrected chi connectivity index (χ0v) is 34.5. The lowest BCUT2D eigenvalue weighted by atomic mass is 9.67. The summed E-state index contributed by atoms with van der Waals surface area (Å²) in [7, 11) is -1.55. The van der Waals surface area contributed by atoms with Crippen molar-refractivity contribution in [2.75, 3.05) is 4.90 Å². The first-order valence-corrected chi connectivity index (χ1v) is 23.5. The fraction of sp³-hybridized carbons (Fsp3) is 0.151. The predicted molar refractivity (Wildman–Crippen MR) is 243 cm³/mol. The lowest BCUT2D eigenvalue weighted by Crippen LogP contribution is -2.37. The number of fused-ring (bicyclic) bond motifs is 9. The fourth-order valence-electron chi connectivity index (χ4n) is 9.27. The molecule has 0 amide bonds. The number of nitrogens with zero attached hydrogens (tertiary/aromatic N) is 2. The van der Waals surface area contributed by atoms with Gasteiger partial charge in [0.1, 0.15) is 11.2 Å². The summed E-state index contributed by atoms with van der Waals surface area (Å²) in [6.45, 7) is 14.1. The second-order valence-electron chi connectivity index (χ2n) is 17.6. The molecule has 0 unspecified atom stereocenters. The van der Waals surface area contributed by atoms with Gasteiger partial charge in [0.2, 0.25) is 0 Å². The van der Waals surface area contributed by atoms with Crippen molar-refractivity contribution in [2.24, 2.45) is 0 Å². The maximum Gasteiger partial charge on any atom is 0.145 e. The molecule has 9 aromatic rings. The second kappa shape index (κ2) is 12.9. The van der Waals surface area contributed by atoms with Gasteiger partial charge in [0.25, 0.3) is 0 Å². The Balaban J connectivity index is 1.40. The zero-order chi connectivity index (χ0) is 39.1. The number of pyridine rings is 1. The normalized spacial score (nSPS) is 13.6. The van der Waals surface area contributed by atoms with E-state index in [1.807, 2.05) is 12.3 Å². The van der Waals surface area contributed by atoms with Crippen LogP contribution in [0.1, 0.15) is 48.6 Å². The summed E-state index contributed by atoms with van der Waals surface area (Å²) in [5, 5.41) is 4.72. The first-order valence-electron chi connectivity index (χ1n) is 20.0. The molecule has 0 fully saturated rings. The summed E-state index contributed by atoms with van der Waals surface area (Å²) >= 11 is 0. The number of rotatable bonds is 6. The lowest BCUT2D eigenvalue weighted by molar-refractivity contribution is 0.590. The Bertz CT molecular complexity index is 2860. The number of hydrogen-bond donors (Lipinski definition) is 0. The number of anilines is 3. The molecular weight excluding hydrogens is 709 g/mol. The second-order valence-corrected chi connectivity index (χ2v) is 22.7. The van der Waals surface area contributed by atoms with Crippen molar-refractivity contribution in [1.82, 2.24) is 4.98 Å². The molecule has 0 radical (unpaired) electrons. The van der Waals surface area contributed by atoms with E-state index >= 15 is 0 Å². The van der Waals surface area contributed by atoms with Crippen molar-refractivity contribution >= 4 is 63.2 Å². The molecule has 3 nitrogen and oxygen atoms in total. The van der Waals surface area contributed by atoms with Gasteiger partial charge >= 0.3 is 0 Å². The third-order valence-corrected chi connectivity index (χ3v) is 14.2. The van der Waals surface area contributed by atoms with Gasteiger partial charge in [-0.2, -0.15) is 0 Å². The van der Waals surface area contributed by atoms with Crippen LogP contribution in [0.3, 0.4) is 0 Å². The number of hydrogen-bond acceptors (Lipinski definition) is 3. The van der Waals surface area contributed by atoms with Crippen LogP contribution in [0, 0.1) is 0 Å². The monoisotopic (exact) mass is 754 g/mol. The molecule has 2 aromatic heterocycles. The van der Waals surface area contributed by atoms with E-state index in [4.69, 9.17) is 9.40 Å². The Hall–Kier alpha value is -6.23. The molecule has 7 aromatic carbocycles. The molecule has 0 saturated heterocycles. The molecule has 2 heterocycles. The van der Waals surface area contributed by atoms with Gasteiger partial charge in [-0.15, -0.1) is 0 Å². The highest BCUT2D eigenvalue weighted by molar-refractivity contribution is 6.88. The maximum atomic E-state index is 7.21. The predicted octanol–water partition coefficient (Wildman–Crippen LogP) is 13.8. The van der Waals surface area contributed by atoms with Gasteiger partial charge in [0.05, 0.1) is 30.1 Å². The highest BCUT2D eigenvalue weighted by Gasteiger charge is 2.49. The van der Waals surface area contributed by atoms with Gasteiger partial charge in [-0.3, -0.25) is 4.98 Å². The van der Waals surface area contributed by atoms with E-state index < -0.39 is 13.5 Å². The van der Waals surface area contributed by atoms with Crippen LogP contribution in [-0.4, -0.2) is 13.1 Å². The largest absolute Gasteiger partial charge is 0.455 e. The van der Waals surface area contributed by atoms with Gasteiger partial charge in [-0.05, 0) is 75.7 Å². The molecule has 1 aliphatic rings. The fourth-order valence-corrected chi connectivity index (χ4v) is 10.4. The van der Waals surface area contributed by atoms with Crippen molar-refractivity contribution in [1.29, 1.82) is 0 Å². The minimum atomic E-state index is -1.55. The Morgan fingerprint density at radius 3 is 1.84 bits per heavy atom. The van der Waals surface area contributed by atoms with E-state index in [9.17, 15) is 0 Å². The van der Waals surface area contributed by atoms with Crippen LogP contribution in [0.5, 0.6) is 0 Å². The SMILES string of the molecule is CC(C)(C)c1ccc(N(c2ccc([Si](C)(C)C)cc2)c2cc3c(c4oc5ccccc5c24)-c2c(ccc4cccnc24)C3(c2ccccc2)c2ccccc2)cc1. The summed E-state index contributed by atoms with van der Waals surface area (Å²) in [6, 6.07) is 60.3. The molecule has 0 bridgehead atoms. The molecule has 0 spiro atoms. The quantitative estimate of drug-likeness (QED) is 0.158. The molecule has 0 saturated carbocycles. The molecule has 10 rings (SSSR count). The van der Waals surface area contributed by atoms with E-state index in [1.165, 1.54) is 33.0 Å². The Labute approximate surface area is 336 Å². The molecule has 0 N–H and O–H groups in total. The molecular formula is C53H46N2OSi. The Morgan fingerprint density at radius 1 is 0.596 bits per heavy atom. The van der Waals surface area contributed by atoms with E-state index in [1.54, 1.807) is 0 Å². The Kier molecular flexibility index (Phi) is 7.97. The third-order valence-electron chi connectivity index (χ3n) is 12.1. The van der Waals surface area contributed by atoms with Crippen LogP contribution < -0.4 is 10.1 Å².